The molecule has 5 nitrogen and oxygen atoms in total. The standard InChI is InChI=1S/C17H27N3O2/c1-4-18-17(19-11-13-6-7-13)20-12-14-8-9-15(22-5-2)16(10-14)21-3/h8-10,13H,4-7,11-12H2,1-3H3,(H2,18,19,20). The molecule has 0 spiro atoms. The van der Waals surface area contributed by atoms with E-state index in [-0.39, 0.29) is 0 Å². The highest BCUT2D eigenvalue weighted by Gasteiger charge is 2.21. The Kier molecular flexibility index (Phi) is 6.37. The van der Waals surface area contributed by atoms with Crippen LogP contribution >= 0.6 is 0 Å². The van der Waals surface area contributed by atoms with Crippen molar-refractivity contribution in [1.82, 2.24) is 10.6 Å². The number of benzene rings is 1. The summed E-state index contributed by atoms with van der Waals surface area (Å²) in [6.45, 7) is 7.16. The summed E-state index contributed by atoms with van der Waals surface area (Å²) in [5.41, 5.74) is 1.10. The van der Waals surface area contributed by atoms with E-state index >= 15 is 0 Å². The largest absolute Gasteiger partial charge is 0.493 e. The zero-order chi connectivity index (χ0) is 15.8. The van der Waals surface area contributed by atoms with Crippen molar-refractivity contribution >= 4 is 5.96 Å². The van der Waals surface area contributed by atoms with Crippen molar-refractivity contribution in [3.63, 3.8) is 0 Å². The maximum atomic E-state index is 5.53. The first-order chi connectivity index (χ1) is 10.8. The van der Waals surface area contributed by atoms with Gasteiger partial charge in [0.15, 0.2) is 17.5 Å². The first-order valence-corrected chi connectivity index (χ1v) is 8.08. The number of nitrogens with zero attached hydrogens (tertiary/aromatic N) is 1. The van der Waals surface area contributed by atoms with Crippen LogP contribution in [0.5, 0.6) is 11.5 Å². The fourth-order valence-corrected chi connectivity index (χ4v) is 2.16. The number of rotatable bonds is 8. The molecule has 0 amide bonds. The molecular formula is C17H27N3O2. The van der Waals surface area contributed by atoms with Gasteiger partial charge >= 0.3 is 0 Å². The van der Waals surface area contributed by atoms with E-state index in [2.05, 4.69) is 22.5 Å². The molecule has 1 aromatic carbocycles. The lowest BCUT2D eigenvalue weighted by Crippen LogP contribution is -2.38. The van der Waals surface area contributed by atoms with Gasteiger partial charge in [-0.15, -0.1) is 0 Å². The maximum absolute atomic E-state index is 5.53. The van der Waals surface area contributed by atoms with Crippen molar-refractivity contribution in [3.05, 3.63) is 23.8 Å². The molecule has 2 rings (SSSR count). The lowest BCUT2D eigenvalue weighted by Gasteiger charge is -2.12. The molecule has 0 saturated heterocycles. The minimum Gasteiger partial charge on any atom is -0.493 e. The van der Waals surface area contributed by atoms with Gasteiger partial charge in [-0.2, -0.15) is 0 Å². The van der Waals surface area contributed by atoms with E-state index < -0.39 is 0 Å². The molecule has 1 aliphatic carbocycles. The van der Waals surface area contributed by atoms with E-state index in [4.69, 9.17) is 9.47 Å². The van der Waals surface area contributed by atoms with Crippen LogP contribution in [0, 0.1) is 5.92 Å². The number of methoxy groups -OCH3 is 1. The lowest BCUT2D eigenvalue weighted by atomic mass is 10.2. The third kappa shape index (κ3) is 5.13. The minimum absolute atomic E-state index is 0.614. The van der Waals surface area contributed by atoms with Crippen molar-refractivity contribution in [3.8, 4) is 11.5 Å². The van der Waals surface area contributed by atoms with Crippen LogP contribution in [-0.2, 0) is 6.54 Å². The lowest BCUT2D eigenvalue weighted by molar-refractivity contribution is 0.310. The van der Waals surface area contributed by atoms with Crippen LogP contribution in [0.15, 0.2) is 23.2 Å². The number of ether oxygens (including phenoxy) is 2. The number of hydrogen-bond acceptors (Lipinski definition) is 3. The third-order valence-electron chi connectivity index (χ3n) is 3.55. The molecule has 22 heavy (non-hydrogen) atoms. The van der Waals surface area contributed by atoms with E-state index in [1.54, 1.807) is 7.11 Å². The van der Waals surface area contributed by atoms with Crippen LogP contribution in [-0.4, -0.2) is 32.8 Å². The zero-order valence-corrected chi connectivity index (χ0v) is 13.8. The second-order valence-electron chi connectivity index (χ2n) is 5.44. The Morgan fingerprint density at radius 3 is 2.68 bits per heavy atom. The van der Waals surface area contributed by atoms with Crippen LogP contribution < -0.4 is 20.1 Å². The van der Waals surface area contributed by atoms with E-state index in [1.807, 2.05) is 25.1 Å². The fraction of sp³-hybridized carbons (Fsp3) is 0.588. The third-order valence-corrected chi connectivity index (χ3v) is 3.55. The summed E-state index contributed by atoms with van der Waals surface area (Å²) in [7, 11) is 1.66. The van der Waals surface area contributed by atoms with Crippen LogP contribution in [0.25, 0.3) is 0 Å². The summed E-state index contributed by atoms with van der Waals surface area (Å²) in [6.07, 6.45) is 2.67. The molecule has 0 bridgehead atoms. The molecule has 0 atom stereocenters. The van der Waals surface area contributed by atoms with Gasteiger partial charge in [0.1, 0.15) is 0 Å². The number of aliphatic imine (C=N–C) groups is 1. The fourth-order valence-electron chi connectivity index (χ4n) is 2.16. The number of nitrogens with one attached hydrogen (secondary N) is 2. The molecule has 1 fully saturated rings. The highest BCUT2D eigenvalue weighted by molar-refractivity contribution is 5.79. The second kappa shape index (κ2) is 8.51. The Hall–Kier alpha value is -1.91. The first kappa shape index (κ1) is 16.5. The quantitative estimate of drug-likeness (QED) is 0.572. The average Bonchev–Trinajstić information content (AvgIpc) is 3.35. The van der Waals surface area contributed by atoms with Gasteiger partial charge in [0, 0.05) is 13.1 Å². The average molecular weight is 305 g/mol. The molecular weight excluding hydrogens is 278 g/mol. The zero-order valence-electron chi connectivity index (χ0n) is 13.8. The van der Waals surface area contributed by atoms with Crippen molar-refractivity contribution < 1.29 is 9.47 Å². The topological polar surface area (TPSA) is 54.9 Å². The van der Waals surface area contributed by atoms with Gasteiger partial charge in [-0.3, -0.25) is 0 Å². The van der Waals surface area contributed by atoms with Crippen molar-refractivity contribution in [2.75, 3.05) is 26.8 Å². The minimum atomic E-state index is 0.614. The second-order valence-corrected chi connectivity index (χ2v) is 5.44. The molecule has 122 valence electrons. The molecule has 0 radical (unpaired) electrons. The van der Waals surface area contributed by atoms with Gasteiger partial charge < -0.3 is 20.1 Å². The van der Waals surface area contributed by atoms with Crippen LogP contribution in [0.1, 0.15) is 32.3 Å². The van der Waals surface area contributed by atoms with Crippen LogP contribution in [0.4, 0.5) is 0 Å². The predicted molar refractivity (Wildman–Crippen MR) is 89.7 cm³/mol. The Morgan fingerprint density at radius 2 is 2.05 bits per heavy atom. The van der Waals surface area contributed by atoms with Gasteiger partial charge in [-0.05, 0) is 50.3 Å². The Bertz CT molecular complexity index is 499. The normalized spacial score (nSPS) is 14.6. The van der Waals surface area contributed by atoms with E-state index in [0.29, 0.717) is 13.2 Å². The molecule has 0 aromatic heterocycles. The van der Waals surface area contributed by atoms with Crippen molar-refractivity contribution in [2.45, 2.75) is 33.2 Å². The molecule has 1 aromatic rings. The first-order valence-electron chi connectivity index (χ1n) is 8.08. The molecule has 1 saturated carbocycles. The summed E-state index contributed by atoms with van der Waals surface area (Å²) in [4.78, 5) is 4.63. The Labute approximate surface area is 133 Å². The Morgan fingerprint density at radius 1 is 1.23 bits per heavy atom. The van der Waals surface area contributed by atoms with E-state index in [9.17, 15) is 0 Å². The van der Waals surface area contributed by atoms with Crippen molar-refractivity contribution in [1.29, 1.82) is 0 Å². The summed E-state index contributed by atoms with van der Waals surface area (Å²) >= 11 is 0. The summed E-state index contributed by atoms with van der Waals surface area (Å²) in [6, 6.07) is 5.96. The molecule has 5 heteroatoms. The van der Waals surface area contributed by atoms with Crippen LogP contribution in [0.3, 0.4) is 0 Å². The predicted octanol–water partition coefficient (Wildman–Crippen LogP) is 2.56. The van der Waals surface area contributed by atoms with Gasteiger partial charge in [-0.1, -0.05) is 6.07 Å². The number of guanidine groups is 1. The van der Waals surface area contributed by atoms with Crippen LogP contribution in [0.2, 0.25) is 0 Å². The van der Waals surface area contributed by atoms with Gasteiger partial charge in [0.2, 0.25) is 0 Å². The summed E-state index contributed by atoms with van der Waals surface area (Å²) < 4.78 is 10.9. The molecule has 0 heterocycles. The smallest absolute Gasteiger partial charge is 0.191 e. The highest BCUT2D eigenvalue weighted by Crippen LogP contribution is 2.28. The van der Waals surface area contributed by atoms with Gasteiger partial charge in [0.05, 0.1) is 20.3 Å². The monoisotopic (exact) mass is 305 g/mol. The van der Waals surface area contributed by atoms with Gasteiger partial charge in [0.25, 0.3) is 0 Å². The number of hydrogen-bond donors (Lipinski definition) is 2. The maximum Gasteiger partial charge on any atom is 0.191 e. The highest BCUT2D eigenvalue weighted by atomic mass is 16.5. The molecule has 2 N–H and O–H groups in total. The van der Waals surface area contributed by atoms with E-state index in [1.165, 1.54) is 12.8 Å². The van der Waals surface area contributed by atoms with E-state index in [0.717, 1.165) is 42.0 Å². The molecule has 1 aliphatic rings. The Balaban J connectivity index is 1.98. The summed E-state index contributed by atoms with van der Waals surface area (Å²) in [5.74, 6) is 3.23. The molecule has 0 unspecified atom stereocenters. The van der Waals surface area contributed by atoms with Crippen molar-refractivity contribution in [2.24, 2.45) is 10.9 Å². The molecule has 0 aliphatic heterocycles. The SMILES string of the molecule is CCNC(=NCc1ccc(OCC)c(OC)c1)NCC1CC1. The van der Waals surface area contributed by atoms with Gasteiger partial charge in [-0.25, -0.2) is 4.99 Å². The summed E-state index contributed by atoms with van der Waals surface area (Å²) in [5, 5.41) is 6.68.